The summed E-state index contributed by atoms with van der Waals surface area (Å²) in [6.45, 7) is -0.195. The molecule has 1 aromatic carbocycles. The first-order valence-electron chi connectivity index (χ1n) is 8.75. The summed E-state index contributed by atoms with van der Waals surface area (Å²) in [5.41, 5.74) is -1.38. The third kappa shape index (κ3) is 4.84. The van der Waals surface area contributed by atoms with Crippen LogP contribution in [0.2, 0.25) is 5.02 Å². The number of alkyl halides is 3. The van der Waals surface area contributed by atoms with Crippen LogP contribution >= 0.6 is 11.6 Å². The van der Waals surface area contributed by atoms with Gasteiger partial charge in [-0.05, 0) is 24.6 Å². The topological polar surface area (TPSA) is 53.5 Å². The molecule has 0 amide bonds. The van der Waals surface area contributed by atoms with Crippen molar-refractivity contribution in [1.82, 2.24) is 9.29 Å². The maximum absolute atomic E-state index is 14.0. The number of sulfonamides is 1. The molecule has 30 heavy (non-hydrogen) atoms. The Kier molecular flexibility index (Phi) is 6.26. The second-order valence-electron chi connectivity index (χ2n) is 6.92. The number of hydrogen-bond donors (Lipinski definition) is 0. The normalized spacial score (nSPS) is 17.7. The molecular formula is C18H17ClF5N3O2S. The Balaban J connectivity index is 1.84. The third-order valence-corrected chi connectivity index (χ3v) is 6.38. The molecule has 0 bridgehead atoms. The Morgan fingerprint density at radius 1 is 1.27 bits per heavy atom. The van der Waals surface area contributed by atoms with Gasteiger partial charge in [-0.3, -0.25) is 0 Å². The number of rotatable bonds is 5. The Morgan fingerprint density at radius 3 is 2.43 bits per heavy atom. The van der Waals surface area contributed by atoms with E-state index < -0.39 is 46.0 Å². The highest BCUT2D eigenvalue weighted by Gasteiger charge is 2.36. The van der Waals surface area contributed by atoms with E-state index in [9.17, 15) is 30.4 Å². The van der Waals surface area contributed by atoms with E-state index in [1.54, 1.807) is 4.90 Å². The molecule has 2 aromatic rings. The van der Waals surface area contributed by atoms with Gasteiger partial charge >= 0.3 is 6.18 Å². The van der Waals surface area contributed by atoms with Gasteiger partial charge in [0.2, 0.25) is 10.0 Å². The zero-order valence-electron chi connectivity index (χ0n) is 15.6. The van der Waals surface area contributed by atoms with Gasteiger partial charge < -0.3 is 4.90 Å². The van der Waals surface area contributed by atoms with Crippen molar-refractivity contribution >= 4 is 27.4 Å². The molecule has 1 saturated heterocycles. The van der Waals surface area contributed by atoms with Gasteiger partial charge in [-0.2, -0.15) is 17.5 Å². The van der Waals surface area contributed by atoms with E-state index in [4.69, 9.17) is 11.6 Å². The Bertz CT molecular complexity index is 1030. The lowest BCUT2D eigenvalue weighted by atomic mass is 10.1. The van der Waals surface area contributed by atoms with Crippen LogP contribution in [0.15, 0.2) is 30.5 Å². The van der Waals surface area contributed by atoms with E-state index in [2.05, 4.69) is 4.98 Å². The molecule has 0 spiro atoms. The third-order valence-electron chi connectivity index (χ3n) is 4.82. The fourth-order valence-electron chi connectivity index (χ4n) is 3.34. The predicted octanol–water partition coefficient (Wildman–Crippen LogP) is 4.07. The molecule has 0 saturated carbocycles. The lowest BCUT2D eigenvalue weighted by molar-refractivity contribution is -0.137. The van der Waals surface area contributed by atoms with Crippen LogP contribution in [-0.2, 0) is 22.7 Å². The molecule has 1 fully saturated rings. The molecule has 0 N–H and O–H groups in total. The number of aromatic nitrogens is 1. The molecule has 1 atom stereocenters. The van der Waals surface area contributed by atoms with Crippen molar-refractivity contribution in [3.63, 3.8) is 0 Å². The van der Waals surface area contributed by atoms with Crippen molar-refractivity contribution < 1.29 is 30.4 Å². The lowest BCUT2D eigenvalue weighted by Crippen LogP contribution is -2.41. The van der Waals surface area contributed by atoms with Crippen LogP contribution in [0.25, 0.3) is 0 Å². The van der Waals surface area contributed by atoms with Gasteiger partial charge in [0.25, 0.3) is 0 Å². The van der Waals surface area contributed by atoms with Gasteiger partial charge in [-0.1, -0.05) is 17.7 Å². The van der Waals surface area contributed by atoms with Crippen LogP contribution < -0.4 is 4.90 Å². The van der Waals surface area contributed by atoms with Crippen molar-refractivity contribution in [3.05, 3.63) is 58.2 Å². The van der Waals surface area contributed by atoms with Gasteiger partial charge in [-0.15, -0.1) is 0 Å². The fourth-order valence-corrected chi connectivity index (χ4v) is 4.71. The number of anilines is 1. The molecule has 164 valence electrons. The first-order chi connectivity index (χ1) is 13.9. The quantitative estimate of drug-likeness (QED) is 0.619. The smallest absolute Gasteiger partial charge is 0.354 e. The minimum atomic E-state index is -4.60. The Hall–Kier alpha value is -1.98. The monoisotopic (exact) mass is 469 g/mol. The van der Waals surface area contributed by atoms with Crippen LogP contribution in [0.1, 0.15) is 17.5 Å². The Morgan fingerprint density at radius 2 is 1.90 bits per heavy atom. The summed E-state index contributed by atoms with van der Waals surface area (Å²) in [6, 6.07) is 3.32. The van der Waals surface area contributed by atoms with Crippen molar-refractivity contribution in [1.29, 1.82) is 0 Å². The van der Waals surface area contributed by atoms with Gasteiger partial charge in [0.1, 0.15) is 17.5 Å². The molecular weight excluding hydrogens is 453 g/mol. The van der Waals surface area contributed by atoms with Crippen LogP contribution in [0.5, 0.6) is 0 Å². The van der Waals surface area contributed by atoms with Gasteiger partial charge in [0.15, 0.2) is 0 Å². The maximum atomic E-state index is 14.0. The number of pyridine rings is 1. The first kappa shape index (κ1) is 22.7. The molecule has 5 nitrogen and oxygen atoms in total. The maximum Gasteiger partial charge on any atom is 0.417 e. The zero-order chi connectivity index (χ0) is 22.3. The molecule has 0 radical (unpaired) electrons. The molecule has 1 unspecified atom stereocenters. The zero-order valence-corrected chi connectivity index (χ0v) is 17.2. The van der Waals surface area contributed by atoms with Crippen LogP contribution in [0.4, 0.5) is 27.8 Å². The minimum Gasteiger partial charge on any atom is -0.354 e. The standard InChI is InChI=1S/C18H17ClF5N3O2S/c1-30(28,29)27(10-13-15(20)3-2-4-16(13)21)12-5-6-26(9-12)17-14(19)7-11(8-25-17)18(22,23)24/h2-4,7-8,12H,5-6,9-10H2,1H3. The van der Waals surface area contributed by atoms with Crippen molar-refractivity contribution in [3.8, 4) is 0 Å². The molecule has 3 rings (SSSR count). The van der Waals surface area contributed by atoms with Crippen LogP contribution in [0.3, 0.4) is 0 Å². The molecule has 1 aliphatic heterocycles. The van der Waals surface area contributed by atoms with Gasteiger partial charge in [-0.25, -0.2) is 22.2 Å². The van der Waals surface area contributed by atoms with Gasteiger partial charge in [0, 0.05) is 37.4 Å². The summed E-state index contributed by atoms with van der Waals surface area (Å²) in [4.78, 5) is 5.33. The van der Waals surface area contributed by atoms with E-state index >= 15 is 0 Å². The summed E-state index contributed by atoms with van der Waals surface area (Å²) in [5, 5.41) is -0.225. The van der Waals surface area contributed by atoms with E-state index in [1.807, 2.05) is 0 Å². The highest BCUT2D eigenvalue weighted by molar-refractivity contribution is 7.88. The van der Waals surface area contributed by atoms with Gasteiger partial charge in [0.05, 0.1) is 16.8 Å². The van der Waals surface area contributed by atoms with E-state index in [0.717, 1.165) is 28.8 Å². The van der Waals surface area contributed by atoms with E-state index in [-0.39, 0.29) is 35.9 Å². The fraction of sp³-hybridized carbons (Fsp3) is 0.389. The van der Waals surface area contributed by atoms with E-state index in [0.29, 0.717) is 6.20 Å². The summed E-state index contributed by atoms with van der Waals surface area (Å²) >= 11 is 5.97. The molecule has 2 heterocycles. The molecule has 12 heteroatoms. The molecule has 1 aliphatic rings. The van der Waals surface area contributed by atoms with Crippen LogP contribution in [-0.4, -0.2) is 43.1 Å². The Labute approximate surface area is 175 Å². The molecule has 0 aliphatic carbocycles. The number of benzene rings is 1. The van der Waals surface area contributed by atoms with Crippen molar-refractivity contribution in [2.24, 2.45) is 0 Å². The number of hydrogen-bond acceptors (Lipinski definition) is 4. The largest absolute Gasteiger partial charge is 0.417 e. The number of nitrogens with zero attached hydrogens (tertiary/aromatic N) is 3. The first-order valence-corrected chi connectivity index (χ1v) is 11.0. The van der Waals surface area contributed by atoms with E-state index in [1.165, 1.54) is 6.07 Å². The minimum absolute atomic E-state index is 0.0568. The SMILES string of the molecule is CS(=O)(=O)N(Cc1c(F)cccc1F)C1CCN(c2ncc(C(F)(F)F)cc2Cl)C1. The second kappa shape index (κ2) is 8.27. The van der Waals surface area contributed by atoms with Crippen LogP contribution in [0, 0.1) is 11.6 Å². The average Bonchev–Trinajstić information content (AvgIpc) is 3.08. The summed E-state index contributed by atoms with van der Waals surface area (Å²) in [6.07, 6.45) is -2.74. The molecule has 1 aromatic heterocycles. The number of halogens is 6. The lowest BCUT2D eigenvalue weighted by Gasteiger charge is -2.27. The highest BCUT2D eigenvalue weighted by atomic mass is 35.5. The second-order valence-corrected chi connectivity index (χ2v) is 9.27. The highest BCUT2D eigenvalue weighted by Crippen LogP contribution is 2.35. The summed E-state index contributed by atoms with van der Waals surface area (Å²) in [5.74, 6) is -1.66. The van der Waals surface area contributed by atoms with Crippen molar-refractivity contribution in [2.75, 3.05) is 24.2 Å². The average molecular weight is 470 g/mol. The predicted molar refractivity (Wildman–Crippen MR) is 102 cm³/mol. The summed E-state index contributed by atoms with van der Waals surface area (Å²) in [7, 11) is -3.85. The van der Waals surface area contributed by atoms with Crippen molar-refractivity contribution in [2.45, 2.75) is 25.2 Å². The summed E-state index contributed by atoms with van der Waals surface area (Å²) < 4.78 is 92.0.